The zero-order valence-corrected chi connectivity index (χ0v) is 14.7. The molecule has 0 radical (unpaired) electrons. The number of urea groups is 1. The summed E-state index contributed by atoms with van der Waals surface area (Å²) in [5.74, 6) is -0.217. The van der Waals surface area contributed by atoms with E-state index in [0.29, 0.717) is 39.1 Å². The van der Waals surface area contributed by atoms with E-state index in [1.54, 1.807) is 10.9 Å². The second-order valence-electron chi connectivity index (χ2n) is 6.84. The fraction of sp³-hybridized carbons (Fsp3) is 0.688. The van der Waals surface area contributed by atoms with Gasteiger partial charge in [0.25, 0.3) is 0 Å². The van der Waals surface area contributed by atoms with Gasteiger partial charge in [-0.05, 0) is 19.5 Å². The van der Waals surface area contributed by atoms with E-state index in [2.05, 4.69) is 15.3 Å². The van der Waals surface area contributed by atoms with Crippen molar-refractivity contribution in [2.45, 2.75) is 25.2 Å². The number of hydrogen-bond acceptors (Lipinski definition) is 5. The van der Waals surface area contributed by atoms with Crippen molar-refractivity contribution >= 4 is 11.9 Å². The smallest absolute Gasteiger partial charge is 0.324 e. The highest BCUT2D eigenvalue weighted by Crippen LogP contribution is 2.23. The molecule has 2 fully saturated rings. The summed E-state index contributed by atoms with van der Waals surface area (Å²) in [7, 11) is 3.71. The quantitative estimate of drug-likeness (QED) is 0.769. The number of likely N-dealkylation sites (tertiary alicyclic amines) is 1. The Morgan fingerprint density at radius 2 is 2.32 bits per heavy atom. The number of amides is 3. The first-order chi connectivity index (χ1) is 11.9. The molecule has 2 saturated heterocycles. The lowest BCUT2D eigenvalue weighted by Gasteiger charge is -2.28. The molecule has 0 unspecified atom stereocenters. The molecule has 2 aliphatic rings. The maximum Gasteiger partial charge on any atom is 0.324 e. The van der Waals surface area contributed by atoms with Crippen molar-refractivity contribution in [1.82, 2.24) is 29.8 Å². The van der Waals surface area contributed by atoms with E-state index in [0.717, 1.165) is 5.69 Å². The molecule has 138 valence electrons. The maximum atomic E-state index is 14.0. The largest absolute Gasteiger partial charge is 0.336 e. The van der Waals surface area contributed by atoms with Crippen LogP contribution in [-0.2, 0) is 18.4 Å². The first-order valence-electron chi connectivity index (χ1n) is 8.55. The van der Waals surface area contributed by atoms with Gasteiger partial charge in [0, 0.05) is 52.0 Å². The van der Waals surface area contributed by atoms with Gasteiger partial charge in [0.05, 0.1) is 12.2 Å². The van der Waals surface area contributed by atoms with E-state index >= 15 is 0 Å². The van der Waals surface area contributed by atoms with Gasteiger partial charge in [-0.25, -0.2) is 9.18 Å². The summed E-state index contributed by atoms with van der Waals surface area (Å²) >= 11 is 0. The Morgan fingerprint density at radius 3 is 2.96 bits per heavy atom. The zero-order chi connectivity index (χ0) is 18.0. The highest BCUT2D eigenvalue weighted by Gasteiger charge is 2.34. The molecule has 3 amide bonds. The Morgan fingerprint density at radius 1 is 1.52 bits per heavy atom. The first kappa shape index (κ1) is 17.8. The number of halogens is 1. The van der Waals surface area contributed by atoms with Crippen molar-refractivity contribution in [3.8, 4) is 0 Å². The van der Waals surface area contributed by atoms with Crippen molar-refractivity contribution in [2.75, 3.05) is 39.8 Å². The lowest BCUT2D eigenvalue weighted by Crippen LogP contribution is -2.44. The average molecular weight is 352 g/mol. The Bertz CT molecular complexity index is 636. The molecule has 0 aromatic carbocycles. The van der Waals surface area contributed by atoms with Gasteiger partial charge in [0.1, 0.15) is 6.17 Å². The van der Waals surface area contributed by atoms with Gasteiger partial charge in [-0.15, -0.1) is 0 Å². The molecular formula is C16H25FN6O2. The highest BCUT2D eigenvalue weighted by atomic mass is 19.1. The molecule has 3 heterocycles. The number of hydrogen-bond donors (Lipinski definition) is 1. The van der Waals surface area contributed by atoms with Gasteiger partial charge < -0.3 is 5.32 Å². The van der Waals surface area contributed by atoms with E-state index in [4.69, 9.17) is 0 Å². The van der Waals surface area contributed by atoms with Crippen LogP contribution in [0.3, 0.4) is 0 Å². The number of alkyl halides is 1. The lowest BCUT2D eigenvalue weighted by molar-refractivity contribution is -0.128. The minimum absolute atomic E-state index is 0.0371. The van der Waals surface area contributed by atoms with Crippen molar-refractivity contribution < 1.29 is 14.0 Å². The summed E-state index contributed by atoms with van der Waals surface area (Å²) in [6.45, 7) is 2.68. The molecule has 1 aromatic rings. The normalized spacial score (nSPS) is 24.3. The molecule has 0 aliphatic carbocycles. The second kappa shape index (κ2) is 7.49. The average Bonchev–Trinajstić information content (AvgIpc) is 3.22. The number of aromatic nitrogens is 2. The van der Waals surface area contributed by atoms with Crippen LogP contribution < -0.4 is 5.32 Å². The summed E-state index contributed by atoms with van der Waals surface area (Å²) in [5, 5.41) is 6.77. The first-order valence-corrected chi connectivity index (χ1v) is 8.55. The van der Waals surface area contributed by atoms with Gasteiger partial charge in [0.2, 0.25) is 5.91 Å². The van der Waals surface area contributed by atoms with Gasteiger partial charge in [-0.2, -0.15) is 5.10 Å². The second-order valence-corrected chi connectivity index (χ2v) is 6.84. The molecule has 1 N–H and O–H groups in total. The Balaban J connectivity index is 1.55. The van der Waals surface area contributed by atoms with Crippen LogP contribution in [0, 0.1) is 0 Å². The number of rotatable bonds is 6. The van der Waals surface area contributed by atoms with Crippen LogP contribution in [0.15, 0.2) is 12.3 Å². The topological polar surface area (TPSA) is 73.7 Å². The molecule has 3 rings (SSSR count). The third-order valence-corrected chi connectivity index (χ3v) is 4.85. The third kappa shape index (κ3) is 4.16. The zero-order valence-electron chi connectivity index (χ0n) is 14.7. The van der Waals surface area contributed by atoms with Gasteiger partial charge >= 0.3 is 6.03 Å². The molecule has 9 heteroatoms. The maximum absolute atomic E-state index is 14.0. The molecule has 0 bridgehead atoms. The number of nitrogens with zero attached hydrogens (tertiary/aromatic N) is 5. The summed E-state index contributed by atoms with van der Waals surface area (Å²) < 4.78 is 15.7. The van der Waals surface area contributed by atoms with E-state index in [9.17, 15) is 14.0 Å². The van der Waals surface area contributed by atoms with Crippen LogP contribution in [-0.4, -0.2) is 88.4 Å². The molecular weight excluding hydrogens is 327 g/mol. The Labute approximate surface area is 146 Å². The van der Waals surface area contributed by atoms with E-state index in [1.807, 2.05) is 25.1 Å². The molecule has 25 heavy (non-hydrogen) atoms. The van der Waals surface area contributed by atoms with Crippen LogP contribution in [0.1, 0.15) is 12.1 Å². The molecule has 0 saturated carbocycles. The fourth-order valence-electron chi connectivity index (χ4n) is 3.52. The van der Waals surface area contributed by atoms with Crippen LogP contribution in [0.4, 0.5) is 9.18 Å². The number of nitrogens with one attached hydrogen (secondary N) is 1. The third-order valence-electron chi connectivity index (χ3n) is 4.85. The summed E-state index contributed by atoms with van der Waals surface area (Å²) in [6, 6.07) is 1.64. The van der Waals surface area contributed by atoms with Gasteiger partial charge in [-0.1, -0.05) is 0 Å². The molecule has 2 aliphatic heterocycles. The van der Waals surface area contributed by atoms with Gasteiger partial charge in [-0.3, -0.25) is 24.2 Å². The fourth-order valence-corrected chi connectivity index (χ4v) is 3.52. The Hall–Kier alpha value is -2.00. The number of likely N-dealkylation sites (N-methyl/N-ethyl adjacent to an activating group) is 1. The minimum atomic E-state index is -0.855. The summed E-state index contributed by atoms with van der Waals surface area (Å²) in [5.41, 5.74) is 1.03. The van der Waals surface area contributed by atoms with Crippen LogP contribution in [0.2, 0.25) is 0 Å². The molecule has 0 spiro atoms. The number of aryl methyl sites for hydroxylation is 1. The van der Waals surface area contributed by atoms with Crippen molar-refractivity contribution in [3.05, 3.63) is 18.0 Å². The number of carbonyl (C=O) groups is 2. The van der Waals surface area contributed by atoms with Crippen LogP contribution >= 0.6 is 0 Å². The minimum Gasteiger partial charge on any atom is -0.336 e. The lowest BCUT2D eigenvalue weighted by atomic mass is 10.2. The van der Waals surface area contributed by atoms with Crippen molar-refractivity contribution in [3.63, 3.8) is 0 Å². The molecule has 8 nitrogen and oxygen atoms in total. The number of imide groups is 1. The van der Waals surface area contributed by atoms with Crippen LogP contribution in [0.25, 0.3) is 0 Å². The standard InChI is InChI=1S/C16H25FN6O2/c1-20(11-15(24)23-6-5-18-16(23)25)9-14-7-12(17)8-22(14)10-13-3-4-19-21(13)2/h3-4,12,14H,5-11H2,1-2H3,(H,18,25)/t12-,14-/m0/s1. The highest BCUT2D eigenvalue weighted by molar-refractivity contribution is 5.96. The summed E-state index contributed by atoms with van der Waals surface area (Å²) in [6.07, 6.45) is 1.34. The predicted molar refractivity (Wildman–Crippen MR) is 89.5 cm³/mol. The summed E-state index contributed by atoms with van der Waals surface area (Å²) in [4.78, 5) is 29.0. The van der Waals surface area contributed by atoms with Crippen LogP contribution in [0.5, 0.6) is 0 Å². The molecule has 2 atom stereocenters. The predicted octanol–water partition coefficient (Wildman–Crippen LogP) is -0.184. The monoisotopic (exact) mass is 352 g/mol. The van der Waals surface area contributed by atoms with E-state index in [-0.39, 0.29) is 24.5 Å². The van der Waals surface area contributed by atoms with Crippen molar-refractivity contribution in [2.24, 2.45) is 7.05 Å². The molecule has 1 aromatic heterocycles. The SMILES string of the molecule is CN(CC(=O)N1CCNC1=O)C[C@@H]1C[C@H](F)CN1Cc1ccnn1C. The van der Waals surface area contributed by atoms with Gasteiger partial charge in [0.15, 0.2) is 0 Å². The van der Waals surface area contributed by atoms with E-state index < -0.39 is 6.17 Å². The number of carbonyl (C=O) groups excluding carboxylic acids is 2. The Kier molecular flexibility index (Phi) is 5.33. The van der Waals surface area contributed by atoms with Crippen molar-refractivity contribution in [1.29, 1.82) is 0 Å². The van der Waals surface area contributed by atoms with E-state index in [1.165, 1.54) is 4.90 Å².